The minimum atomic E-state index is -4.63. The zero-order valence-electron chi connectivity index (χ0n) is 10.8. The van der Waals surface area contributed by atoms with Gasteiger partial charge in [0.1, 0.15) is 11.6 Å². The molecule has 0 saturated carbocycles. The Hall–Kier alpha value is -1.54. The van der Waals surface area contributed by atoms with E-state index in [4.69, 9.17) is 11.6 Å². The molecule has 0 aromatic carbocycles. The standard InChI is InChI=1S/C12H13ClF3N3O2/c13-9-3-7(12(14,15)16)5-19(11(9)21)6-10(20)18-8-1-2-17-4-8/h3,5,8,17H,1-2,4,6H2,(H,18,20)/t8-/m0/s1. The highest BCUT2D eigenvalue weighted by Gasteiger charge is 2.32. The Morgan fingerprint density at radius 1 is 1.52 bits per heavy atom. The summed E-state index contributed by atoms with van der Waals surface area (Å²) in [6.07, 6.45) is -3.30. The van der Waals surface area contributed by atoms with Gasteiger partial charge in [0.2, 0.25) is 5.91 Å². The van der Waals surface area contributed by atoms with E-state index in [2.05, 4.69) is 10.6 Å². The largest absolute Gasteiger partial charge is 0.417 e. The molecule has 1 aromatic rings. The van der Waals surface area contributed by atoms with Crippen molar-refractivity contribution in [2.45, 2.75) is 25.2 Å². The van der Waals surface area contributed by atoms with Gasteiger partial charge in [-0.05, 0) is 19.0 Å². The van der Waals surface area contributed by atoms with Gasteiger partial charge in [0, 0.05) is 18.8 Å². The van der Waals surface area contributed by atoms with Crippen molar-refractivity contribution in [3.8, 4) is 0 Å². The van der Waals surface area contributed by atoms with Crippen LogP contribution < -0.4 is 16.2 Å². The number of aromatic nitrogens is 1. The van der Waals surface area contributed by atoms with Gasteiger partial charge in [0.15, 0.2) is 0 Å². The van der Waals surface area contributed by atoms with Crippen LogP contribution in [-0.2, 0) is 17.5 Å². The van der Waals surface area contributed by atoms with E-state index in [1.54, 1.807) is 0 Å². The van der Waals surface area contributed by atoms with E-state index in [1.807, 2.05) is 0 Å². The van der Waals surface area contributed by atoms with E-state index in [0.29, 0.717) is 23.4 Å². The van der Waals surface area contributed by atoms with Crippen LogP contribution in [0.25, 0.3) is 0 Å². The van der Waals surface area contributed by atoms with Gasteiger partial charge in [-0.1, -0.05) is 11.6 Å². The van der Waals surface area contributed by atoms with Gasteiger partial charge < -0.3 is 15.2 Å². The van der Waals surface area contributed by atoms with Crippen LogP contribution in [0, 0.1) is 0 Å². The second-order valence-electron chi connectivity index (χ2n) is 4.76. The first kappa shape index (κ1) is 15.8. The molecule has 0 radical (unpaired) electrons. The zero-order valence-corrected chi connectivity index (χ0v) is 11.6. The monoisotopic (exact) mass is 323 g/mol. The van der Waals surface area contributed by atoms with E-state index in [-0.39, 0.29) is 6.04 Å². The molecule has 1 saturated heterocycles. The maximum absolute atomic E-state index is 12.7. The van der Waals surface area contributed by atoms with Crippen molar-refractivity contribution in [3.63, 3.8) is 0 Å². The fourth-order valence-electron chi connectivity index (χ4n) is 2.08. The van der Waals surface area contributed by atoms with Crippen LogP contribution in [0.5, 0.6) is 0 Å². The smallest absolute Gasteiger partial charge is 0.350 e. The summed E-state index contributed by atoms with van der Waals surface area (Å²) >= 11 is 5.50. The second kappa shape index (κ2) is 6.07. The van der Waals surface area contributed by atoms with Crippen LogP contribution in [0.2, 0.25) is 5.02 Å². The molecule has 1 atom stereocenters. The third-order valence-electron chi connectivity index (χ3n) is 3.11. The summed E-state index contributed by atoms with van der Waals surface area (Å²) in [5.41, 5.74) is -1.90. The van der Waals surface area contributed by atoms with Gasteiger partial charge in [0.05, 0.1) is 5.56 Å². The van der Waals surface area contributed by atoms with E-state index in [1.165, 1.54) is 0 Å². The Bertz CT molecular complexity index is 594. The van der Waals surface area contributed by atoms with E-state index in [0.717, 1.165) is 13.0 Å². The lowest BCUT2D eigenvalue weighted by Crippen LogP contribution is -2.40. The van der Waals surface area contributed by atoms with Crippen LogP contribution in [0.1, 0.15) is 12.0 Å². The van der Waals surface area contributed by atoms with Crippen molar-refractivity contribution in [1.29, 1.82) is 0 Å². The number of rotatable bonds is 3. The molecule has 0 bridgehead atoms. The van der Waals surface area contributed by atoms with Gasteiger partial charge in [-0.25, -0.2) is 0 Å². The lowest BCUT2D eigenvalue weighted by atomic mass is 10.2. The van der Waals surface area contributed by atoms with E-state index >= 15 is 0 Å². The summed E-state index contributed by atoms with van der Waals surface area (Å²) in [5.74, 6) is -0.527. The average molecular weight is 324 g/mol. The highest BCUT2D eigenvalue weighted by atomic mass is 35.5. The van der Waals surface area contributed by atoms with Crippen LogP contribution in [0.3, 0.4) is 0 Å². The predicted molar refractivity (Wildman–Crippen MR) is 70.1 cm³/mol. The van der Waals surface area contributed by atoms with Crippen LogP contribution in [0.4, 0.5) is 13.2 Å². The Kier molecular flexibility index (Phi) is 4.58. The van der Waals surface area contributed by atoms with Gasteiger partial charge in [0.25, 0.3) is 5.56 Å². The molecule has 2 rings (SSSR count). The Morgan fingerprint density at radius 2 is 2.24 bits per heavy atom. The van der Waals surface area contributed by atoms with Crippen LogP contribution in [0.15, 0.2) is 17.1 Å². The van der Waals surface area contributed by atoms with Gasteiger partial charge >= 0.3 is 6.18 Å². The molecule has 2 N–H and O–H groups in total. The lowest BCUT2D eigenvalue weighted by molar-refractivity contribution is -0.138. The van der Waals surface area contributed by atoms with Crippen LogP contribution >= 0.6 is 11.6 Å². The molecular formula is C12H13ClF3N3O2. The molecule has 9 heteroatoms. The summed E-state index contributed by atoms with van der Waals surface area (Å²) in [6.45, 7) is 0.864. The number of alkyl halides is 3. The molecule has 0 aliphatic carbocycles. The first-order valence-electron chi connectivity index (χ1n) is 6.24. The lowest BCUT2D eigenvalue weighted by Gasteiger charge is -2.14. The molecule has 1 amide bonds. The number of hydrogen-bond acceptors (Lipinski definition) is 3. The number of carbonyl (C=O) groups is 1. The SMILES string of the molecule is O=C(Cn1cc(C(F)(F)F)cc(Cl)c1=O)N[C@H]1CCNC1. The Morgan fingerprint density at radius 3 is 2.81 bits per heavy atom. The van der Waals surface area contributed by atoms with Crippen molar-refractivity contribution in [2.24, 2.45) is 0 Å². The number of carbonyl (C=O) groups excluding carboxylic acids is 1. The minimum absolute atomic E-state index is 0.0746. The van der Waals surface area contributed by atoms with Crippen molar-refractivity contribution >= 4 is 17.5 Å². The van der Waals surface area contributed by atoms with E-state index < -0.39 is 34.8 Å². The van der Waals surface area contributed by atoms with Gasteiger partial charge in [-0.3, -0.25) is 9.59 Å². The molecule has 1 aromatic heterocycles. The minimum Gasteiger partial charge on any atom is -0.350 e. The topological polar surface area (TPSA) is 63.1 Å². The van der Waals surface area contributed by atoms with Crippen LogP contribution in [-0.4, -0.2) is 29.6 Å². The molecular weight excluding hydrogens is 311 g/mol. The summed E-state index contributed by atoms with van der Waals surface area (Å²) in [5, 5.41) is 5.12. The predicted octanol–water partition coefficient (Wildman–Crippen LogP) is 0.999. The average Bonchev–Trinajstić information content (AvgIpc) is 2.86. The number of pyridine rings is 1. The third kappa shape index (κ3) is 3.98. The molecule has 1 aliphatic rings. The molecule has 116 valence electrons. The Labute approximate surface area is 123 Å². The summed E-state index contributed by atoms with van der Waals surface area (Å²) in [4.78, 5) is 23.5. The number of halogens is 4. The fraction of sp³-hybridized carbons (Fsp3) is 0.500. The van der Waals surface area contributed by atoms with Crippen molar-refractivity contribution in [3.05, 3.63) is 33.2 Å². The maximum atomic E-state index is 12.7. The molecule has 21 heavy (non-hydrogen) atoms. The third-order valence-corrected chi connectivity index (χ3v) is 3.38. The molecule has 1 fully saturated rings. The van der Waals surface area contributed by atoms with Gasteiger partial charge in [-0.15, -0.1) is 0 Å². The summed E-state index contributed by atoms with van der Waals surface area (Å²) in [6, 6.07) is 0.480. The Balaban J connectivity index is 2.16. The summed E-state index contributed by atoms with van der Waals surface area (Å²) < 4.78 is 38.7. The first-order chi connectivity index (χ1) is 9.77. The molecule has 5 nitrogen and oxygen atoms in total. The molecule has 0 unspecified atom stereocenters. The maximum Gasteiger partial charge on any atom is 0.417 e. The highest BCUT2D eigenvalue weighted by molar-refractivity contribution is 6.30. The normalized spacial score (nSPS) is 18.8. The summed E-state index contributed by atoms with van der Waals surface area (Å²) in [7, 11) is 0. The van der Waals surface area contributed by atoms with Crippen molar-refractivity contribution in [2.75, 3.05) is 13.1 Å². The highest BCUT2D eigenvalue weighted by Crippen LogP contribution is 2.29. The number of hydrogen-bond donors (Lipinski definition) is 2. The molecule has 1 aliphatic heterocycles. The first-order valence-corrected chi connectivity index (χ1v) is 6.62. The second-order valence-corrected chi connectivity index (χ2v) is 5.17. The molecule has 2 heterocycles. The molecule has 0 spiro atoms. The van der Waals surface area contributed by atoms with E-state index in [9.17, 15) is 22.8 Å². The fourth-order valence-corrected chi connectivity index (χ4v) is 2.30. The number of amides is 1. The number of nitrogens with one attached hydrogen (secondary N) is 2. The number of nitrogens with zero attached hydrogens (tertiary/aromatic N) is 1. The van der Waals surface area contributed by atoms with Gasteiger partial charge in [-0.2, -0.15) is 13.2 Å². The quantitative estimate of drug-likeness (QED) is 0.872. The van der Waals surface area contributed by atoms with Crippen molar-refractivity contribution < 1.29 is 18.0 Å². The van der Waals surface area contributed by atoms with Crippen molar-refractivity contribution in [1.82, 2.24) is 15.2 Å². The zero-order chi connectivity index (χ0) is 15.6.